The third kappa shape index (κ3) is 23.4. The number of rotatable bonds is 10. The predicted molar refractivity (Wildman–Crippen MR) is 76.5 cm³/mol. The van der Waals surface area contributed by atoms with Crippen LogP contribution < -0.4 is 4.72 Å². The van der Waals surface area contributed by atoms with Gasteiger partial charge in [0.2, 0.25) is 0 Å². The number of unbranched alkanes of at least 4 members (excludes halogenated alkanes) is 7. The van der Waals surface area contributed by atoms with Gasteiger partial charge in [0.25, 0.3) is 0 Å². The second-order valence-corrected chi connectivity index (χ2v) is 5.08. The molecular weight excluding hydrogens is 260 g/mol. The van der Waals surface area contributed by atoms with Crippen molar-refractivity contribution in [3.05, 3.63) is 0 Å². The van der Waals surface area contributed by atoms with Crippen LogP contribution in [0.4, 0.5) is 0 Å². The van der Waals surface area contributed by atoms with Gasteiger partial charge < -0.3 is 0 Å². The van der Waals surface area contributed by atoms with Crippen molar-refractivity contribution in [2.24, 2.45) is 0 Å². The van der Waals surface area contributed by atoms with Crippen molar-refractivity contribution < 1.29 is 13.0 Å². The van der Waals surface area contributed by atoms with Crippen molar-refractivity contribution in [2.45, 2.75) is 58.3 Å². The Morgan fingerprint density at radius 2 is 1.29 bits per heavy atom. The van der Waals surface area contributed by atoms with E-state index in [0.717, 1.165) is 19.3 Å². The van der Waals surface area contributed by atoms with E-state index in [4.69, 9.17) is 4.55 Å². The molecule has 0 bridgehead atoms. The molecule has 0 fully saturated rings. The molecule has 96 valence electrons. The fraction of sp³-hybridized carbons (Fsp3) is 1.00. The maximum atomic E-state index is 10.3. The molecule has 0 saturated carbocycles. The molecule has 0 atom stereocenters. The third-order valence-electron chi connectivity index (χ3n) is 2.31. The van der Waals surface area contributed by atoms with E-state index in [-0.39, 0.29) is 59.1 Å². The minimum atomic E-state index is -3.98. The van der Waals surface area contributed by atoms with Crippen LogP contribution in [0, 0.1) is 0 Å². The zero-order valence-electron chi connectivity index (χ0n) is 9.54. The van der Waals surface area contributed by atoms with Gasteiger partial charge in [0.15, 0.2) is 0 Å². The molecule has 0 aromatic rings. The van der Waals surface area contributed by atoms with E-state index >= 15 is 0 Å². The summed E-state index contributed by atoms with van der Waals surface area (Å²) in [4.78, 5) is 0. The normalized spacial score (nSPS) is 10.5. The monoisotopic (exact) mass is 285 g/mol. The van der Waals surface area contributed by atoms with Crippen LogP contribution in [0.2, 0.25) is 0 Å². The Morgan fingerprint density at radius 1 is 0.882 bits per heavy atom. The quantitative estimate of drug-likeness (QED) is 0.360. The Labute approximate surface area is 150 Å². The van der Waals surface area contributed by atoms with Crippen molar-refractivity contribution in [1.29, 1.82) is 0 Å². The second-order valence-electron chi connectivity index (χ2n) is 3.84. The van der Waals surface area contributed by atoms with Crippen LogP contribution in [0.25, 0.3) is 0 Å². The van der Waals surface area contributed by atoms with Crippen molar-refractivity contribution >= 4 is 69.4 Å². The minimum absolute atomic E-state index is 0. The van der Waals surface area contributed by atoms with E-state index in [2.05, 4.69) is 11.6 Å². The molecule has 0 radical (unpaired) electrons. The third-order valence-corrected chi connectivity index (χ3v) is 2.88. The van der Waals surface area contributed by atoms with Crippen LogP contribution in [-0.4, -0.2) is 78.6 Å². The molecule has 0 saturated heterocycles. The van der Waals surface area contributed by atoms with Gasteiger partial charge in [-0.3, -0.25) is 4.55 Å². The fourth-order valence-electron chi connectivity index (χ4n) is 1.46. The van der Waals surface area contributed by atoms with Gasteiger partial charge >= 0.3 is 69.4 Å². The van der Waals surface area contributed by atoms with E-state index in [0.29, 0.717) is 6.54 Å². The van der Waals surface area contributed by atoms with E-state index in [1.165, 1.54) is 32.1 Å². The van der Waals surface area contributed by atoms with Gasteiger partial charge in [0, 0.05) is 6.54 Å². The molecule has 0 aromatic heterocycles. The maximum absolute atomic E-state index is 10.3. The molecule has 0 spiro atoms. The average molecular weight is 285 g/mol. The first-order valence-corrected chi connectivity index (χ1v) is 7.22. The molecule has 17 heavy (non-hydrogen) atoms. The molecule has 0 aromatic carbocycles. The van der Waals surface area contributed by atoms with Gasteiger partial charge in [-0.1, -0.05) is 51.9 Å². The van der Waals surface area contributed by atoms with Crippen LogP contribution in [0.5, 0.6) is 0 Å². The van der Waals surface area contributed by atoms with Crippen molar-refractivity contribution in [3.63, 3.8) is 0 Å². The van der Waals surface area contributed by atoms with Gasteiger partial charge in [-0.25, -0.2) is 0 Å². The Hall–Kier alpha value is 1.87. The van der Waals surface area contributed by atoms with Crippen LogP contribution in [0.1, 0.15) is 58.3 Å². The summed E-state index contributed by atoms with van der Waals surface area (Å²) in [6, 6.07) is 0. The summed E-state index contributed by atoms with van der Waals surface area (Å²) >= 11 is 0. The van der Waals surface area contributed by atoms with Crippen molar-refractivity contribution in [2.75, 3.05) is 6.54 Å². The first kappa shape index (κ1) is 23.9. The molecule has 0 unspecified atom stereocenters. The molecule has 0 heterocycles. The van der Waals surface area contributed by atoms with Crippen molar-refractivity contribution in [3.8, 4) is 0 Å². The number of hydrogen-bond acceptors (Lipinski definition) is 2. The summed E-state index contributed by atoms with van der Waals surface area (Å²) in [5.74, 6) is 0. The molecule has 0 aliphatic heterocycles. The molecule has 2 N–H and O–H groups in total. The molecule has 0 rings (SSSR count). The summed E-state index contributed by atoms with van der Waals surface area (Å²) in [6.07, 6.45) is 9.35. The van der Waals surface area contributed by atoms with Crippen LogP contribution in [-0.2, 0) is 10.3 Å². The molecule has 4 nitrogen and oxygen atoms in total. The fourth-order valence-corrected chi connectivity index (χ4v) is 1.86. The number of hydrogen-bond donors (Lipinski definition) is 2. The van der Waals surface area contributed by atoms with E-state index in [1.807, 2.05) is 0 Å². The van der Waals surface area contributed by atoms with Crippen LogP contribution >= 0.6 is 0 Å². The van der Waals surface area contributed by atoms with Crippen molar-refractivity contribution in [1.82, 2.24) is 4.72 Å². The molecule has 0 aliphatic rings. The van der Waals surface area contributed by atoms with Gasteiger partial charge in [0.05, 0.1) is 0 Å². The topological polar surface area (TPSA) is 66.4 Å². The Kier molecular flexibility index (Phi) is 22.4. The van der Waals surface area contributed by atoms with Crippen LogP contribution in [0.3, 0.4) is 0 Å². The summed E-state index contributed by atoms with van der Waals surface area (Å²) in [5.41, 5.74) is 0. The molecular formula is C10H25NNa2O3S. The SMILES string of the molecule is CCCCCCCCCCNS(=O)(=O)O.[NaH].[NaH]. The summed E-state index contributed by atoms with van der Waals surface area (Å²) < 4.78 is 31.0. The Bertz CT molecular complexity index is 236. The zero-order chi connectivity index (χ0) is 11.6. The Balaban J connectivity index is -0.000000980. The standard InChI is InChI=1S/C10H23NO3S.2Na.2H/c1-2-3-4-5-6-7-8-9-10-11-15(12,13)14;;;;/h11H,2-10H2,1H3,(H,12,13,14);;;;. The van der Waals surface area contributed by atoms with E-state index in [9.17, 15) is 8.42 Å². The Morgan fingerprint density at radius 3 is 1.71 bits per heavy atom. The van der Waals surface area contributed by atoms with Gasteiger partial charge in [-0.05, 0) is 6.42 Å². The average Bonchev–Trinajstić information content (AvgIpc) is 2.14. The van der Waals surface area contributed by atoms with Gasteiger partial charge in [0.1, 0.15) is 0 Å². The van der Waals surface area contributed by atoms with Crippen LogP contribution in [0.15, 0.2) is 0 Å². The first-order valence-electron chi connectivity index (χ1n) is 5.78. The van der Waals surface area contributed by atoms with Gasteiger partial charge in [-0.15, -0.1) is 0 Å². The molecule has 0 aliphatic carbocycles. The second kappa shape index (κ2) is 15.9. The molecule has 7 heteroatoms. The predicted octanol–water partition coefficient (Wildman–Crippen LogP) is 1.22. The summed E-state index contributed by atoms with van der Waals surface area (Å²) in [7, 11) is -3.98. The first-order chi connectivity index (χ1) is 7.06. The zero-order valence-corrected chi connectivity index (χ0v) is 10.4. The number of nitrogens with one attached hydrogen (secondary N) is 1. The summed E-state index contributed by atoms with van der Waals surface area (Å²) in [6.45, 7) is 2.54. The summed E-state index contributed by atoms with van der Waals surface area (Å²) in [5, 5.41) is 0. The van der Waals surface area contributed by atoms with E-state index in [1.54, 1.807) is 0 Å². The van der Waals surface area contributed by atoms with E-state index < -0.39 is 10.3 Å². The molecule has 0 amide bonds. The van der Waals surface area contributed by atoms with Gasteiger partial charge in [-0.2, -0.15) is 13.1 Å².